The molecule has 5 nitrogen and oxygen atoms in total. The second kappa shape index (κ2) is 7.88. The van der Waals surface area contributed by atoms with Crippen molar-refractivity contribution in [2.75, 3.05) is 32.8 Å². The Kier molecular flexibility index (Phi) is 5.87. The van der Waals surface area contributed by atoms with Crippen LogP contribution in [0.25, 0.3) is 0 Å². The molecular weight excluding hydrogens is 266 g/mol. The summed E-state index contributed by atoms with van der Waals surface area (Å²) in [6, 6.07) is 8.51. The summed E-state index contributed by atoms with van der Waals surface area (Å²) in [5.74, 6) is 0.848. The Bertz CT molecular complexity index is 447. The van der Waals surface area contributed by atoms with Gasteiger partial charge in [0.15, 0.2) is 0 Å². The summed E-state index contributed by atoms with van der Waals surface area (Å²) >= 11 is 0. The third-order valence-corrected chi connectivity index (χ3v) is 3.66. The number of benzene rings is 1. The minimum Gasteiger partial charge on any atom is -0.492 e. The van der Waals surface area contributed by atoms with E-state index in [1.807, 2.05) is 12.1 Å². The number of carbonyl (C=O) groups excluding carboxylic acids is 1. The van der Waals surface area contributed by atoms with Gasteiger partial charge in [0.25, 0.3) is 0 Å². The van der Waals surface area contributed by atoms with Crippen molar-refractivity contribution in [1.29, 1.82) is 0 Å². The first kappa shape index (κ1) is 15.6. The highest BCUT2D eigenvalue weighted by atomic mass is 16.5. The van der Waals surface area contributed by atoms with Crippen LogP contribution in [0.1, 0.15) is 31.9 Å². The summed E-state index contributed by atoms with van der Waals surface area (Å²) in [6.45, 7) is 8.00. The molecule has 1 saturated heterocycles. The van der Waals surface area contributed by atoms with E-state index in [4.69, 9.17) is 4.74 Å². The van der Waals surface area contributed by atoms with Crippen LogP contribution in [-0.2, 0) is 0 Å². The average molecular weight is 291 g/mol. The molecule has 1 aromatic rings. The fourth-order valence-electron chi connectivity index (χ4n) is 2.33. The van der Waals surface area contributed by atoms with E-state index in [1.54, 1.807) is 4.90 Å². The maximum Gasteiger partial charge on any atom is 0.317 e. The zero-order chi connectivity index (χ0) is 15.1. The van der Waals surface area contributed by atoms with Crippen molar-refractivity contribution >= 4 is 6.03 Å². The Hall–Kier alpha value is -1.75. The Morgan fingerprint density at radius 2 is 2.14 bits per heavy atom. The Morgan fingerprint density at radius 1 is 1.38 bits per heavy atom. The molecule has 0 spiro atoms. The number of nitrogens with one attached hydrogen (secondary N) is 2. The van der Waals surface area contributed by atoms with Crippen molar-refractivity contribution in [3.05, 3.63) is 29.8 Å². The van der Waals surface area contributed by atoms with Crippen molar-refractivity contribution in [2.24, 2.45) is 0 Å². The van der Waals surface area contributed by atoms with Crippen LogP contribution in [0, 0.1) is 0 Å². The van der Waals surface area contributed by atoms with Crippen LogP contribution < -0.4 is 15.4 Å². The number of hydrogen-bond donors (Lipinski definition) is 2. The quantitative estimate of drug-likeness (QED) is 0.771. The molecule has 5 heteroatoms. The lowest BCUT2D eigenvalue weighted by Gasteiger charge is -2.16. The molecule has 0 bridgehead atoms. The maximum absolute atomic E-state index is 11.4. The van der Waals surface area contributed by atoms with Gasteiger partial charge in [0.2, 0.25) is 0 Å². The molecule has 2 amide bonds. The van der Waals surface area contributed by atoms with Crippen molar-refractivity contribution < 1.29 is 9.53 Å². The summed E-state index contributed by atoms with van der Waals surface area (Å²) in [5, 5.41) is 6.24. The summed E-state index contributed by atoms with van der Waals surface area (Å²) in [4.78, 5) is 13.1. The maximum atomic E-state index is 11.4. The highest BCUT2D eigenvalue weighted by molar-refractivity contribution is 5.76. The van der Waals surface area contributed by atoms with Crippen LogP contribution in [0.4, 0.5) is 4.79 Å². The average Bonchev–Trinajstić information content (AvgIpc) is 2.91. The normalized spacial score (nSPS) is 15.9. The number of hydrogen-bond acceptors (Lipinski definition) is 3. The van der Waals surface area contributed by atoms with Crippen molar-refractivity contribution in [3.63, 3.8) is 0 Å². The zero-order valence-corrected chi connectivity index (χ0v) is 12.9. The van der Waals surface area contributed by atoms with Crippen molar-refractivity contribution in [1.82, 2.24) is 15.5 Å². The molecule has 1 aliphatic heterocycles. The van der Waals surface area contributed by atoms with E-state index in [2.05, 4.69) is 36.6 Å². The molecule has 0 aliphatic carbocycles. The number of urea groups is 1. The summed E-state index contributed by atoms with van der Waals surface area (Å²) in [5.41, 5.74) is 1.26. The van der Waals surface area contributed by atoms with E-state index in [-0.39, 0.29) is 6.03 Å². The number of ether oxygens (including phenoxy) is 1. The summed E-state index contributed by atoms with van der Waals surface area (Å²) < 4.78 is 5.69. The van der Waals surface area contributed by atoms with Crippen molar-refractivity contribution in [2.45, 2.75) is 26.3 Å². The van der Waals surface area contributed by atoms with E-state index in [0.29, 0.717) is 19.2 Å². The van der Waals surface area contributed by atoms with Gasteiger partial charge in [-0.3, -0.25) is 0 Å². The highest BCUT2D eigenvalue weighted by Crippen LogP contribution is 2.17. The second-order valence-corrected chi connectivity index (χ2v) is 5.31. The Labute approximate surface area is 126 Å². The van der Waals surface area contributed by atoms with Gasteiger partial charge >= 0.3 is 6.03 Å². The topological polar surface area (TPSA) is 53.6 Å². The van der Waals surface area contributed by atoms with Crippen molar-refractivity contribution in [3.8, 4) is 5.75 Å². The molecule has 21 heavy (non-hydrogen) atoms. The lowest BCUT2D eigenvalue weighted by atomic mass is 10.1. The standard InChI is InChI=1S/C16H25N3O2/c1-3-8-17-13(2)14-4-6-15(7-5-14)21-12-11-19-10-9-18-16(19)20/h4-7,13,17H,3,8-12H2,1-2H3,(H,18,20). The molecule has 1 aromatic carbocycles. The first-order valence-corrected chi connectivity index (χ1v) is 7.69. The lowest BCUT2D eigenvalue weighted by molar-refractivity contribution is 0.202. The third-order valence-electron chi connectivity index (χ3n) is 3.66. The van der Waals surface area contributed by atoms with E-state index < -0.39 is 0 Å². The molecule has 2 rings (SSSR count). The number of carbonyl (C=O) groups is 1. The van der Waals surface area contributed by atoms with E-state index in [1.165, 1.54) is 5.56 Å². The van der Waals surface area contributed by atoms with Gasteiger partial charge in [-0.1, -0.05) is 19.1 Å². The third kappa shape index (κ3) is 4.63. The molecule has 0 aromatic heterocycles. The fourth-order valence-corrected chi connectivity index (χ4v) is 2.33. The number of amides is 2. The molecule has 1 heterocycles. The number of nitrogens with zero attached hydrogens (tertiary/aromatic N) is 1. The zero-order valence-electron chi connectivity index (χ0n) is 12.9. The van der Waals surface area contributed by atoms with Gasteiger partial charge in [-0.25, -0.2) is 4.79 Å². The van der Waals surface area contributed by atoms with Gasteiger partial charge < -0.3 is 20.3 Å². The molecule has 1 atom stereocenters. The van der Waals surface area contributed by atoms with Gasteiger partial charge in [-0.05, 0) is 37.6 Å². The summed E-state index contributed by atoms with van der Waals surface area (Å²) in [6.07, 6.45) is 1.13. The van der Waals surface area contributed by atoms with Crippen LogP contribution in [0.2, 0.25) is 0 Å². The first-order valence-electron chi connectivity index (χ1n) is 7.69. The Balaban J connectivity index is 1.75. The predicted octanol–water partition coefficient (Wildman–Crippen LogP) is 2.15. The van der Waals surface area contributed by atoms with Gasteiger partial charge in [0.1, 0.15) is 12.4 Å². The molecule has 116 valence electrons. The second-order valence-electron chi connectivity index (χ2n) is 5.31. The minimum absolute atomic E-state index is 0.00442. The van der Waals surface area contributed by atoms with Gasteiger partial charge in [-0.15, -0.1) is 0 Å². The minimum atomic E-state index is 0.00442. The fraction of sp³-hybridized carbons (Fsp3) is 0.562. The van der Waals surface area contributed by atoms with E-state index in [9.17, 15) is 4.79 Å². The Morgan fingerprint density at radius 3 is 2.76 bits per heavy atom. The monoisotopic (exact) mass is 291 g/mol. The molecule has 0 saturated carbocycles. The predicted molar refractivity (Wildman–Crippen MR) is 83.6 cm³/mol. The SMILES string of the molecule is CCCNC(C)c1ccc(OCCN2CCNC2=O)cc1. The largest absolute Gasteiger partial charge is 0.492 e. The van der Waals surface area contributed by atoms with Crippen LogP contribution in [-0.4, -0.2) is 43.7 Å². The lowest BCUT2D eigenvalue weighted by Crippen LogP contribution is -2.31. The summed E-state index contributed by atoms with van der Waals surface area (Å²) in [7, 11) is 0. The first-order chi connectivity index (χ1) is 10.2. The molecule has 1 aliphatic rings. The molecule has 2 N–H and O–H groups in total. The van der Waals surface area contributed by atoms with Crippen LogP contribution in [0.3, 0.4) is 0 Å². The highest BCUT2D eigenvalue weighted by Gasteiger charge is 2.18. The van der Waals surface area contributed by atoms with Gasteiger partial charge in [0, 0.05) is 19.1 Å². The van der Waals surface area contributed by atoms with E-state index in [0.717, 1.165) is 31.8 Å². The number of rotatable bonds is 8. The molecule has 1 fully saturated rings. The molecule has 1 unspecified atom stereocenters. The van der Waals surface area contributed by atoms with Crippen LogP contribution in [0.15, 0.2) is 24.3 Å². The molecular formula is C16H25N3O2. The van der Waals surface area contributed by atoms with Crippen LogP contribution >= 0.6 is 0 Å². The van der Waals surface area contributed by atoms with Crippen LogP contribution in [0.5, 0.6) is 5.75 Å². The van der Waals surface area contributed by atoms with Gasteiger partial charge in [0.05, 0.1) is 6.54 Å². The molecule has 0 radical (unpaired) electrons. The van der Waals surface area contributed by atoms with E-state index >= 15 is 0 Å². The smallest absolute Gasteiger partial charge is 0.317 e. The van der Waals surface area contributed by atoms with Gasteiger partial charge in [-0.2, -0.15) is 0 Å².